The molecule has 0 unspecified atom stereocenters. The summed E-state index contributed by atoms with van der Waals surface area (Å²) in [7, 11) is 0. The molecular formula is C14H18N4O2. The highest BCUT2D eigenvalue weighted by Gasteiger charge is 2.11. The van der Waals surface area contributed by atoms with Crippen LogP contribution in [-0.2, 0) is 0 Å². The predicted octanol–water partition coefficient (Wildman–Crippen LogP) is 0.908. The van der Waals surface area contributed by atoms with Crippen molar-refractivity contribution >= 4 is 11.6 Å². The predicted molar refractivity (Wildman–Crippen MR) is 74.9 cm³/mol. The van der Waals surface area contributed by atoms with Gasteiger partial charge in [-0.3, -0.25) is 14.1 Å². The molecule has 3 heterocycles. The fraction of sp³-hybridized carbons (Fsp3) is 0.429. The number of ether oxygens (including phenoxy) is 1. The van der Waals surface area contributed by atoms with Crippen molar-refractivity contribution in [2.24, 2.45) is 5.73 Å². The Bertz CT molecular complexity index is 617. The van der Waals surface area contributed by atoms with Gasteiger partial charge in [-0.2, -0.15) is 0 Å². The summed E-state index contributed by atoms with van der Waals surface area (Å²) in [5.74, 6) is 0.276. The van der Waals surface area contributed by atoms with Crippen LogP contribution in [0.5, 0.6) is 5.75 Å². The summed E-state index contributed by atoms with van der Waals surface area (Å²) in [5, 5.41) is 0. The van der Waals surface area contributed by atoms with Crippen molar-refractivity contribution in [1.29, 1.82) is 0 Å². The van der Waals surface area contributed by atoms with E-state index in [2.05, 4.69) is 9.88 Å². The third-order valence-electron chi connectivity index (χ3n) is 3.61. The maximum atomic E-state index is 11.2. The molecule has 0 saturated carbocycles. The van der Waals surface area contributed by atoms with Gasteiger partial charge in [-0.05, 0) is 32.0 Å². The molecule has 0 radical (unpaired) electrons. The van der Waals surface area contributed by atoms with Gasteiger partial charge in [-0.15, -0.1) is 0 Å². The number of amides is 1. The molecule has 1 amide bonds. The molecule has 1 aliphatic rings. The first-order valence-corrected chi connectivity index (χ1v) is 6.86. The first-order chi connectivity index (χ1) is 9.74. The molecule has 0 bridgehead atoms. The van der Waals surface area contributed by atoms with Crippen LogP contribution in [0, 0.1) is 0 Å². The van der Waals surface area contributed by atoms with Gasteiger partial charge in [0.25, 0.3) is 5.91 Å². The Balaban J connectivity index is 1.65. The molecule has 0 aliphatic carbocycles. The summed E-state index contributed by atoms with van der Waals surface area (Å²) in [5.41, 5.74) is 6.32. The lowest BCUT2D eigenvalue weighted by Gasteiger charge is -2.14. The molecule has 0 aromatic carbocycles. The zero-order valence-electron chi connectivity index (χ0n) is 11.3. The Morgan fingerprint density at radius 3 is 2.95 bits per heavy atom. The second-order valence-electron chi connectivity index (χ2n) is 5.00. The fourth-order valence-electron chi connectivity index (χ4n) is 2.53. The molecule has 2 aromatic rings. The number of fused-ring (bicyclic) bond motifs is 1. The summed E-state index contributed by atoms with van der Waals surface area (Å²) >= 11 is 0. The highest BCUT2D eigenvalue weighted by molar-refractivity contribution is 5.91. The fourth-order valence-corrected chi connectivity index (χ4v) is 2.53. The summed E-state index contributed by atoms with van der Waals surface area (Å²) in [6, 6.07) is 3.64. The van der Waals surface area contributed by atoms with Gasteiger partial charge >= 0.3 is 0 Å². The summed E-state index contributed by atoms with van der Waals surface area (Å²) < 4.78 is 7.40. The third-order valence-corrected chi connectivity index (χ3v) is 3.61. The molecule has 6 nitrogen and oxygen atoms in total. The van der Waals surface area contributed by atoms with E-state index in [0.29, 0.717) is 17.9 Å². The Morgan fingerprint density at radius 2 is 2.20 bits per heavy atom. The van der Waals surface area contributed by atoms with Gasteiger partial charge in [0.1, 0.15) is 23.7 Å². The second-order valence-corrected chi connectivity index (χ2v) is 5.00. The molecule has 3 rings (SSSR count). The minimum atomic E-state index is -0.486. The molecule has 0 spiro atoms. The first kappa shape index (κ1) is 12.9. The minimum Gasteiger partial charge on any atom is -0.492 e. The molecule has 0 atom stereocenters. The minimum absolute atomic E-state index is 0.378. The molecule has 1 fully saturated rings. The number of likely N-dealkylation sites (tertiary alicyclic amines) is 1. The average molecular weight is 274 g/mol. The number of hydrogen-bond donors (Lipinski definition) is 1. The SMILES string of the molecule is NC(=O)c1cnc2cc(OCCN3CCCC3)ccn12. The van der Waals surface area contributed by atoms with E-state index in [9.17, 15) is 4.79 Å². The van der Waals surface area contributed by atoms with Gasteiger partial charge in [0.05, 0.1) is 6.20 Å². The molecule has 6 heteroatoms. The summed E-state index contributed by atoms with van der Waals surface area (Å²) in [6.45, 7) is 3.96. The molecule has 20 heavy (non-hydrogen) atoms. The van der Waals surface area contributed by atoms with Crippen molar-refractivity contribution in [1.82, 2.24) is 14.3 Å². The van der Waals surface area contributed by atoms with Crippen LogP contribution in [-0.4, -0.2) is 46.4 Å². The summed E-state index contributed by atoms with van der Waals surface area (Å²) in [4.78, 5) is 17.8. The Labute approximate surface area is 117 Å². The monoisotopic (exact) mass is 274 g/mol. The number of rotatable bonds is 5. The van der Waals surface area contributed by atoms with Gasteiger partial charge < -0.3 is 10.5 Å². The maximum absolute atomic E-state index is 11.2. The first-order valence-electron chi connectivity index (χ1n) is 6.86. The van der Waals surface area contributed by atoms with Crippen LogP contribution in [0.3, 0.4) is 0 Å². The zero-order chi connectivity index (χ0) is 13.9. The van der Waals surface area contributed by atoms with Crippen LogP contribution in [0.2, 0.25) is 0 Å². The van der Waals surface area contributed by atoms with E-state index in [-0.39, 0.29) is 0 Å². The smallest absolute Gasteiger partial charge is 0.267 e. The third kappa shape index (κ3) is 2.60. The van der Waals surface area contributed by atoms with Gasteiger partial charge in [0, 0.05) is 18.8 Å². The van der Waals surface area contributed by atoms with Crippen molar-refractivity contribution in [3.05, 3.63) is 30.2 Å². The van der Waals surface area contributed by atoms with Crippen LogP contribution in [0.15, 0.2) is 24.5 Å². The number of aromatic nitrogens is 2. The number of imidazole rings is 1. The standard InChI is InChI=1S/C14H18N4O2/c15-14(19)12-10-16-13-9-11(3-6-18(12)13)20-8-7-17-4-1-2-5-17/h3,6,9-10H,1-2,4-5,7-8H2,(H2,15,19). The highest BCUT2D eigenvalue weighted by atomic mass is 16.5. The second kappa shape index (κ2) is 5.50. The lowest BCUT2D eigenvalue weighted by molar-refractivity contribution is 0.0994. The topological polar surface area (TPSA) is 72.9 Å². The molecule has 2 aromatic heterocycles. The van der Waals surface area contributed by atoms with Crippen LogP contribution in [0.1, 0.15) is 23.3 Å². The molecule has 1 saturated heterocycles. The van der Waals surface area contributed by atoms with Crippen molar-refractivity contribution in [3.8, 4) is 5.75 Å². The van der Waals surface area contributed by atoms with Crippen molar-refractivity contribution in [3.63, 3.8) is 0 Å². The zero-order valence-corrected chi connectivity index (χ0v) is 11.3. The Morgan fingerprint density at radius 1 is 1.40 bits per heavy atom. The van der Waals surface area contributed by atoms with E-state index in [1.54, 1.807) is 10.6 Å². The number of primary amides is 1. The number of nitrogens with two attached hydrogens (primary N) is 1. The van der Waals surface area contributed by atoms with Crippen molar-refractivity contribution in [2.45, 2.75) is 12.8 Å². The van der Waals surface area contributed by atoms with Crippen LogP contribution in [0.4, 0.5) is 0 Å². The quantitative estimate of drug-likeness (QED) is 0.879. The van der Waals surface area contributed by atoms with E-state index < -0.39 is 5.91 Å². The van der Waals surface area contributed by atoms with E-state index >= 15 is 0 Å². The van der Waals surface area contributed by atoms with Crippen molar-refractivity contribution in [2.75, 3.05) is 26.2 Å². The van der Waals surface area contributed by atoms with Gasteiger partial charge in [0.2, 0.25) is 0 Å². The Kier molecular flexibility index (Phi) is 3.56. The van der Waals surface area contributed by atoms with E-state index in [4.69, 9.17) is 10.5 Å². The van der Waals surface area contributed by atoms with Crippen LogP contribution in [0.25, 0.3) is 5.65 Å². The summed E-state index contributed by atoms with van der Waals surface area (Å²) in [6.07, 6.45) is 5.81. The number of nitrogens with zero attached hydrogens (tertiary/aromatic N) is 3. The van der Waals surface area contributed by atoms with E-state index in [0.717, 1.165) is 12.3 Å². The molecule has 1 aliphatic heterocycles. The lowest BCUT2D eigenvalue weighted by Crippen LogP contribution is -2.25. The molecular weight excluding hydrogens is 256 g/mol. The number of carbonyl (C=O) groups excluding carboxylic acids is 1. The van der Waals surface area contributed by atoms with Crippen LogP contribution < -0.4 is 10.5 Å². The van der Waals surface area contributed by atoms with E-state index in [1.165, 1.54) is 32.1 Å². The normalized spacial score (nSPS) is 15.8. The number of carbonyl (C=O) groups is 1. The van der Waals surface area contributed by atoms with Crippen LogP contribution >= 0.6 is 0 Å². The number of hydrogen-bond acceptors (Lipinski definition) is 4. The largest absolute Gasteiger partial charge is 0.492 e. The van der Waals surface area contributed by atoms with Gasteiger partial charge in [0.15, 0.2) is 0 Å². The lowest BCUT2D eigenvalue weighted by atomic mass is 10.4. The van der Waals surface area contributed by atoms with E-state index in [1.807, 2.05) is 12.1 Å². The van der Waals surface area contributed by atoms with Gasteiger partial charge in [-0.25, -0.2) is 4.98 Å². The highest BCUT2D eigenvalue weighted by Crippen LogP contribution is 2.15. The van der Waals surface area contributed by atoms with Gasteiger partial charge in [-0.1, -0.05) is 0 Å². The molecule has 106 valence electrons. The maximum Gasteiger partial charge on any atom is 0.267 e. The Hall–Kier alpha value is -2.08. The average Bonchev–Trinajstić information content (AvgIpc) is 3.06. The van der Waals surface area contributed by atoms with Crippen molar-refractivity contribution < 1.29 is 9.53 Å². The molecule has 2 N–H and O–H groups in total. The number of pyridine rings is 1.